The number of rotatable bonds is 5. The first-order valence-electron chi connectivity index (χ1n) is 7.53. The van der Waals surface area contributed by atoms with Crippen molar-refractivity contribution in [1.29, 1.82) is 0 Å². The zero-order valence-corrected chi connectivity index (χ0v) is 13.6. The minimum atomic E-state index is -0.443. The molecular weight excluding hydrogens is 304 g/mol. The summed E-state index contributed by atoms with van der Waals surface area (Å²) >= 11 is 0. The van der Waals surface area contributed by atoms with Crippen LogP contribution in [0, 0.1) is 0 Å². The molecule has 122 valence electrons. The Hall–Kier alpha value is -1.59. The Morgan fingerprint density at radius 3 is 2.36 bits per heavy atom. The van der Waals surface area contributed by atoms with E-state index < -0.39 is 6.09 Å². The lowest BCUT2D eigenvalue weighted by molar-refractivity contribution is -0.905. The van der Waals surface area contributed by atoms with Crippen LogP contribution in [0.5, 0.6) is 0 Å². The molecule has 1 saturated heterocycles. The summed E-state index contributed by atoms with van der Waals surface area (Å²) in [6, 6.07) is 6.79. The van der Waals surface area contributed by atoms with Gasteiger partial charge in [-0.15, -0.1) is 0 Å². The van der Waals surface area contributed by atoms with Gasteiger partial charge >= 0.3 is 6.09 Å². The molecule has 5 nitrogen and oxygen atoms in total. The van der Waals surface area contributed by atoms with E-state index in [4.69, 9.17) is 4.74 Å². The maximum atomic E-state index is 11.7. The minimum absolute atomic E-state index is 0. The van der Waals surface area contributed by atoms with Crippen LogP contribution in [0.25, 0.3) is 0 Å². The minimum Gasteiger partial charge on any atom is -1.00 e. The number of benzene rings is 1. The number of ketones is 1. The summed E-state index contributed by atoms with van der Waals surface area (Å²) in [4.78, 5) is 24.3. The Balaban J connectivity index is 0.00000242. The second kappa shape index (κ2) is 9.43. The number of ether oxygens (including phenoxy) is 1. The molecule has 2 rings (SSSR count). The number of likely N-dealkylation sites (tertiary alicyclic amines) is 1. The summed E-state index contributed by atoms with van der Waals surface area (Å²) in [5.41, 5.74) is 1.26. The fourth-order valence-corrected chi connectivity index (χ4v) is 2.53. The zero-order chi connectivity index (χ0) is 15.1. The largest absolute Gasteiger partial charge is 1.00 e. The molecule has 0 spiro atoms. The molecule has 0 radical (unpaired) electrons. The van der Waals surface area contributed by atoms with E-state index in [9.17, 15) is 9.59 Å². The van der Waals surface area contributed by atoms with Gasteiger partial charge in [0.25, 0.3) is 0 Å². The van der Waals surface area contributed by atoms with Gasteiger partial charge in [-0.2, -0.15) is 0 Å². The Morgan fingerprint density at radius 1 is 1.14 bits per heavy atom. The highest BCUT2D eigenvalue weighted by atomic mass is 35.5. The van der Waals surface area contributed by atoms with Gasteiger partial charge in [0, 0.05) is 11.3 Å². The molecule has 0 aromatic heterocycles. The average molecular weight is 327 g/mol. The monoisotopic (exact) mass is 326 g/mol. The lowest BCUT2D eigenvalue weighted by Crippen LogP contribution is -3.13. The van der Waals surface area contributed by atoms with Crippen molar-refractivity contribution < 1.29 is 31.6 Å². The van der Waals surface area contributed by atoms with Crippen LogP contribution < -0.4 is 22.6 Å². The summed E-state index contributed by atoms with van der Waals surface area (Å²) in [5, 5.41) is 2.66. The number of amides is 1. The van der Waals surface area contributed by atoms with Gasteiger partial charge in [-0.3, -0.25) is 10.1 Å². The SMILES string of the molecule is CC(=O)c1ccc(NC(=O)OCC[NH+]2CCCCC2)cc1.[Cl-]. The van der Waals surface area contributed by atoms with Crippen LogP contribution in [-0.4, -0.2) is 38.1 Å². The highest BCUT2D eigenvalue weighted by Crippen LogP contribution is 2.10. The van der Waals surface area contributed by atoms with Crippen molar-refractivity contribution in [2.75, 3.05) is 31.6 Å². The summed E-state index contributed by atoms with van der Waals surface area (Å²) in [5.74, 6) is 0.00799. The molecule has 2 N–H and O–H groups in total. The second-order valence-corrected chi connectivity index (χ2v) is 5.46. The van der Waals surface area contributed by atoms with Crippen molar-refractivity contribution in [3.8, 4) is 0 Å². The Labute approximate surface area is 137 Å². The number of nitrogens with one attached hydrogen (secondary N) is 2. The molecule has 0 atom stereocenters. The molecule has 1 fully saturated rings. The molecule has 1 heterocycles. The highest BCUT2D eigenvalue weighted by molar-refractivity contribution is 5.94. The van der Waals surface area contributed by atoms with Crippen LogP contribution in [0.3, 0.4) is 0 Å². The van der Waals surface area contributed by atoms with E-state index in [-0.39, 0.29) is 18.2 Å². The molecule has 1 aliphatic heterocycles. The predicted molar refractivity (Wildman–Crippen MR) is 80.8 cm³/mol. The topological polar surface area (TPSA) is 59.8 Å². The third-order valence-electron chi connectivity index (χ3n) is 3.79. The first-order chi connectivity index (χ1) is 10.1. The van der Waals surface area contributed by atoms with E-state index >= 15 is 0 Å². The van der Waals surface area contributed by atoms with E-state index in [0.717, 1.165) is 6.54 Å². The molecular formula is C16H23ClN2O3. The lowest BCUT2D eigenvalue weighted by atomic mass is 10.1. The fraction of sp³-hybridized carbons (Fsp3) is 0.500. The summed E-state index contributed by atoms with van der Waals surface area (Å²) in [6.07, 6.45) is 3.41. The van der Waals surface area contributed by atoms with E-state index in [1.165, 1.54) is 44.2 Å². The van der Waals surface area contributed by atoms with Crippen molar-refractivity contribution in [1.82, 2.24) is 0 Å². The highest BCUT2D eigenvalue weighted by Gasteiger charge is 2.13. The molecule has 0 bridgehead atoms. The number of hydrogen-bond donors (Lipinski definition) is 2. The van der Waals surface area contributed by atoms with Crippen LogP contribution in [0.2, 0.25) is 0 Å². The van der Waals surface area contributed by atoms with Gasteiger partial charge in [-0.1, -0.05) is 0 Å². The Morgan fingerprint density at radius 2 is 1.77 bits per heavy atom. The van der Waals surface area contributed by atoms with Crippen molar-refractivity contribution in [3.63, 3.8) is 0 Å². The number of piperidine rings is 1. The molecule has 22 heavy (non-hydrogen) atoms. The number of carbonyl (C=O) groups is 2. The first kappa shape index (κ1) is 18.5. The summed E-state index contributed by atoms with van der Waals surface area (Å²) in [6.45, 7) is 5.18. The predicted octanol–water partition coefficient (Wildman–Crippen LogP) is -1.49. The quantitative estimate of drug-likeness (QED) is 0.648. The van der Waals surface area contributed by atoms with Crippen LogP contribution in [0.15, 0.2) is 24.3 Å². The van der Waals surface area contributed by atoms with Crippen LogP contribution in [0.4, 0.5) is 10.5 Å². The van der Waals surface area contributed by atoms with Crippen molar-refractivity contribution >= 4 is 17.6 Å². The number of halogens is 1. The smallest absolute Gasteiger partial charge is 0.411 e. The van der Waals surface area contributed by atoms with Crippen LogP contribution >= 0.6 is 0 Å². The van der Waals surface area contributed by atoms with Gasteiger partial charge in [0.05, 0.1) is 13.1 Å². The lowest BCUT2D eigenvalue weighted by Gasteiger charge is -2.23. The maximum absolute atomic E-state index is 11.7. The molecule has 1 amide bonds. The number of hydrogen-bond acceptors (Lipinski definition) is 3. The van der Waals surface area contributed by atoms with E-state index in [0.29, 0.717) is 17.9 Å². The molecule has 1 aromatic carbocycles. The van der Waals surface area contributed by atoms with Gasteiger partial charge in [-0.05, 0) is 50.5 Å². The maximum Gasteiger partial charge on any atom is 0.411 e. The van der Waals surface area contributed by atoms with E-state index in [1.807, 2.05) is 0 Å². The Kier molecular flexibility index (Phi) is 7.91. The van der Waals surface area contributed by atoms with Gasteiger partial charge in [0.1, 0.15) is 13.2 Å². The Bertz CT molecular complexity index is 485. The number of carbonyl (C=O) groups excluding carboxylic acids is 2. The number of anilines is 1. The van der Waals surface area contributed by atoms with Crippen molar-refractivity contribution in [2.24, 2.45) is 0 Å². The summed E-state index contributed by atoms with van der Waals surface area (Å²) in [7, 11) is 0. The van der Waals surface area contributed by atoms with Gasteiger partial charge in [-0.25, -0.2) is 4.79 Å². The van der Waals surface area contributed by atoms with E-state index in [1.54, 1.807) is 24.3 Å². The van der Waals surface area contributed by atoms with Crippen molar-refractivity contribution in [2.45, 2.75) is 26.2 Å². The molecule has 0 unspecified atom stereocenters. The zero-order valence-electron chi connectivity index (χ0n) is 12.9. The second-order valence-electron chi connectivity index (χ2n) is 5.46. The molecule has 1 aliphatic rings. The van der Waals surface area contributed by atoms with E-state index in [2.05, 4.69) is 5.32 Å². The standard InChI is InChI=1S/C16H22N2O3.ClH/c1-13(19)14-5-7-15(8-6-14)17-16(20)21-12-11-18-9-3-2-4-10-18;/h5-8H,2-4,9-12H2,1H3,(H,17,20);1H. The molecule has 6 heteroatoms. The molecule has 1 aromatic rings. The van der Waals surface area contributed by atoms with Crippen LogP contribution in [0.1, 0.15) is 36.5 Å². The van der Waals surface area contributed by atoms with Gasteiger partial charge in [0.15, 0.2) is 5.78 Å². The fourth-order valence-electron chi connectivity index (χ4n) is 2.53. The third-order valence-corrected chi connectivity index (χ3v) is 3.79. The average Bonchev–Trinajstić information content (AvgIpc) is 2.49. The molecule has 0 saturated carbocycles. The van der Waals surface area contributed by atoms with Gasteiger partial charge < -0.3 is 22.0 Å². The third kappa shape index (κ3) is 6.03. The first-order valence-corrected chi connectivity index (χ1v) is 7.53. The van der Waals surface area contributed by atoms with Crippen molar-refractivity contribution in [3.05, 3.63) is 29.8 Å². The normalized spacial score (nSPS) is 14.8. The molecule has 0 aliphatic carbocycles. The van der Waals surface area contributed by atoms with Crippen LogP contribution in [-0.2, 0) is 4.74 Å². The number of quaternary nitrogens is 1. The van der Waals surface area contributed by atoms with Gasteiger partial charge in [0.2, 0.25) is 0 Å². The summed E-state index contributed by atoms with van der Waals surface area (Å²) < 4.78 is 5.19. The number of Topliss-reactive ketones (excluding diaryl/α,β-unsaturated/α-hetero) is 1.